The van der Waals surface area contributed by atoms with Gasteiger partial charge in [-0.1, -0.05) is 30.3 Å². The molecule has 0 amide bonds. The number of hydrogen-bond donors (Lipinski definition) is 3. The summed E-state index contributed by atoms with van der Waals surface area (Å²) in [5, 5.41) is 10.0. The van der Waals surface area contributed by atoms with E-state index in [1.165, 1.54) is 12.8 Å². The van der Waals surface area contributed by atoms with Crippen molar-refractivity contribution in [1.29, 1.82) is 5.41 Å². The highest BCUT2D eigenvalue weighted by atomic mass is 35.5. The molecule has 0 aliphatic heterocycles. The van der Waals surface area contributed by atoms with Crippen molar-refractivity contribution in [3.8, 4) is 5.69 Å². The van der Waals surface area contributed by atoms with Gasteiger partial charge in [0, 0.05) is 36.6 Å². The highest BCUT2D eigenvalue weighted by molar-refractivity contribution is 6.35. The fraction of sp³-hybridized carbons (Fsp3) is 0.333. The number of rotatable bonds is 5. The first-order chi connectivity index (χ1) is 14.8. The maximum Gasteiger partial charge on any atom is 0.279 e. The summed E-state index contributed by atoms with van der Waals surface area (Å²) < 4.78 is 1.57. The van der Waals surface area contributed by atoms with Gasteiger partial charge in [0.15, 0.2) is 0 Å². The highest BCUT2D eigenvalue weighted by Crippen LogP contribution is 2.69. The van der Waals surface area contributed by atoms with E-state index in [0.717, 1.165) is 29.8 Å². The fourth-order valence-corrected chi connectivity index (χ4v) is 5.43. The topological polar surface area (TPSA) is 90.9 Å². The van der Waals surface area contributed by atoms with Crippen LogP contribution in [-0.2, 0) is 12.0 Å². The van der Waals surface area contributed by atoms with Crippen molar-refractivity contribution in [2.24, 2.45) is 11.1 Å². The zero-order chi connectivity index (χ0) is 22.0. The Bertz CT molecular complexity index is 1270. The minimum Gasteiger partial charge on any atom is -0.353 e. The van der Waals surface area contributed by atoms with Crippen LogP contribution >= 0.6 is 11.6 Å². The van der Waals surface area contributed by atoms with Crippen LogP contribution < -0.4 is 11.3 Å². The van der Waals surface area contributed by atoms with E-state index in [0.29, 0.717) is 33.7 Å². The molecule has 2 fully saturated rings. The number of fused-ring (bicyclic) bond motifs is 1. The Morgan fingerprint density at radius 2 is 2.13 bits per heavy atom. The molecule has 1 spiro atoms. The summed E-state index contributed by atoms with van der Waals surface area (Å²) >= 11 is 6.51. The quantitative estimate of drug-likeness (QED) is 0.412. The monoisotopic (exact) mass is 435 g/mol. The van der Waals surface area contributed by atoms with Crippen LogP contribution in [0.15, 0.2) is 54.1 Å². The van der Waals surface area contributed by atoms with Crippen molar-refractivity contribution in [3.63, 3.8) is 0 Å². The minimum atomic E-state index is -0.355. The van der Waals surface area contributed by atoms with Gasteiger partial charge in [0.1, 0.15) is 11.4 Å². The van der Waals surface area contributed by atoms with Crippen molar-refractivity contribution in [3.05, 3.63) is 75.9 Å². The number of amidine groups is 1. The van der Waals surface area contributed by atoms with E-state index >= 15 is 0 Å². The summed E-state index contributed by atoms with van der Waals surface area (Å²) in [6, 6.07) is 9.77. The van der Waals surface area contributed by atoms with E-state index in [-0.39, 0.29) is 11.0 Å². The molecule has 7 heteroatoms. The van der Waals surface area contributed by atoms with Gasteiger partial charge < -0.3 is 15.6 Å². The van der Waals surface area contributed by atoms with Crippen molar-refractivity contribution < 1.29 is 0 Å². The third-order valence-corrected chi connectivity index (χ3v) is 7.39. The molecule has 5 rings (SSSR count). The predicted octanol–water partition coefficient (Wildman–Crippen LogP) is 4.30. The normalized spacial score (nSPS) is 18.0. The number of aromatic amines is 1. The molecule has 2 aromatic heterocycles. The standard InChI is InChI=1S/C24H26ClN5O/c1-3-29(2)22(27)24(13-23(14-24)7-8-23)15-5-4-6-17(9-15)30-12-19(25)18-10-16(11-26)28-20(18)21(30)31/h3-6,9-10,12,27-28H,1,7-8,11,13-14,26H2,2H3. The van der Waals surface area contributed by atoms with Crippen LogP contribution in [0.1, 0.15) is 36.9 Å². The van der Waals surface area contributed by atoms with Crippen molar-refractivity contribution >= 4 is 28.3 Å². The lowest BCUT2D eigenvalue weighted by Gasteiger charge is -2.51. The molecule has 0 saturated heterocycles. The number of likely N-dealkylation sites (N-methyl/N-ethyl adjacent to an activating group) is 1. The summed E-state index contributed by atoms with van der Waals surface area (Å²) in [7, 11) is 1.87. The first-order valence-electron chi connectivity index (χ1n) is 10.5. The molecule has 0 bridgehead atoms. The number of hydrogen-bond acceptors (Lipinski definition) is 3. The van der Waals surface area contributed by atoms with Gasteiger partial charge in [-0.3, -0.25) is 14.8 Å². The molecule has 0 unspecified atom stereocenters. The van der Waals surface area contributed by atoms with Gasteiger partial charge in [-0.15, -0.1) is 0 Å². The van der Waals surface area contributed by atoms with E-state index in [9.17, 15) is 4.79 Å². The largest absolute Gasteiger partial charge is 0.353 e. The van der Waals surface area contributed by atoms with Gasteiger partial charge in [-0.05, 0) is 61.1 Å². The highest BCUT2D eigenvalue weighted by Gasteiger charge is 2.63. The second kappa shape index (κ2) is 6.84. The Hall–Kier alpha value is -2.83. The Balaban J connectivity index is 1.62. The lowest BCUT2D eigenvalue weighted by atomic mass is 9.55. The molecule has 160 valence electrons. The lowest BCUT2D eigenvalue weighted by molar-refractivity contribution is 0.172. The molecular formula is C24H26ClN5O. The number of halogens is 1. The first kappa shape index (κ1) is 20.1. The predicted molar refractivity (Wildman–Crippen MR) is 125 cm³/mol. The maximum absolute atomic E-state index is 13.2. The molecule has 1 aromatic carbocycles. The van der Waals surface area contributed by atoms with Gasteiger partial charge in [0.05, 0.1) is 10.4 Å². The zero-order valence-electron chi connectivity index (χ0n) is 17.5. The molecule has 0 atom stereocenters. The lowest BCUT2D eigenvalue weighted by Crippen LogP contribution is -2.53. The molecule has 2 saturated carbocycles. The first-order valence-corrected chi connectivity index (χ1v) is 10.9. The van der Waals surface area contributed by atoms with Crippen molar-refractivity contribution in [2.45, 2.75) is 37.6 Å². The number of nitrogens with two attached hydrogens (primary N) is 1. The van der Waals surface area contributed by atoms with E-state index in [1.807, 2.05) is 31.3 Å². The van der Waals surface area contributed by atoms with Crippen LogP contribution in [0.2, 0.25) is 5.02 Å². The number of benzene rings is 1. The maximum atomic E-state index is 13.2. The summed E-state index contributed by atoms with van der Waals surface area (Å²) in [4.78, 5) is 18.1. The number of pyridine rings is 1. The molecule has 0 radical (unpaired) electrons. The average Bonchev–Trinajstić information content (AvgIpc) is 3.43. The van der Waals surface area contributed by atoms with E-state index in [4.69, 9.17) is 22.7 Å². The van der Waals surface area contributed by atoms with Crippen LogP contribution in [0.5, 0.6) is 0 Å². The summed E-state index contributed by atoms with van der Waals surface area (Å²) in [5.74, 6) is 0.551. The summed E-state index contributed by atoms with van der Waals surface area (Å²) in [5.41, 5.74) is 8.61. The molecule has 2 aliphatic carbocycles. The average molecular weight is 436 g/mol. The smallest absolute Gasteiger partial charge is 0.279 e. The number of nitrogens with zero attached hydrogens (tertiary/aromatic N) is 2. The van der Waals surface area contributed by atoms with Crippen LogP contribution in [0.25, 0.3) is 16.6 Å². The molecule has 3 aromatic rings. The van der Waals surface area contributed by atoms with E-state index in [2.05, 4.69) is 17.6 Å². The Kier molecular flexibility index (Phi) is 4.43. The SMILES string of the molecule is C=CN(C)C(=N)C1(c2cccc(-n3cc(Cl)c4cc(CN)[nH]c4c3=O)c2)CC2(CC2)C1. The van der Waals surface area contributed by atoms with Gasteiger partial charge in [-0.2, -0.15) is 0 Å². The molecule has 31 heavy (non-hydrogen) atoms. The van der Waals surface area contributed by atoms with Crippen LogP contribution in [0.4, 0.5) is 0 Å². The third kappa shape index (κ3) is 2.97. The van der Waals surface area contributed by atoms with Gasteiger partial charge in [0.2, 0.25) is 0 Å². The van der Waals surface area contributed by atoms with Gasteiger partial charge in [0.25, 0.3) is 5.56 Å². The Morgan fingerprint density at radius 3 is 2.77 bits per heavy atom. The molecular weight excluding hydrogens is 410 g/mol. The molecule has 2 aliphatic rings. The van der Waals surface area contributed by atoms with Crippen LogP contribution in [0, 0.1) is 10.8 Å². The molecule has 2 heterocycles. The van der Waals surface area contributed by atoms with Crippen LogP contribution in [0.3, 0.4) is 0 Å². The molecule has 6 nitrogen and oxygen atoms in total. The Labute approximate surface area is 185 Å². The zero-order valence-corrected chi connectivity index (χ0v) is 18.3. The Morgan fingerprint density at radius 1 is 1.39 bits per heavy atom. The minimum absolute atomic E-state index is 0.171. The molecule has 4 N–H and O–H groups in total. The van der Waals surface area contributed by atoms with Gasteiger partial charge >= 0.3 is 0 Å². The second-order valence-electron chi connectivity index (χ2n) is 9.07. The third-order valence-electron chi connectivity index (χ3n) is 7.09. The fourth-order valence-electron chi connectivity index (χ4n) is 5.18. The van der Waals surface area contributed by atoms with Gasteiger partial charge in [-0.25, -0.2) is 0 Å². The number of H-pyrrole nitrogens is 1. The van der Waals surface area contributed by atoms with Crippen LogP contribution in [-0.4, -0.2) is 27.3 Å². The van der Waals surface area contributed by atoms with Crippen molar-refractivity contribution in [2.75, 3.05) is 7.05 Å². The number of nitrogens with one attached hydrogen (secondary N) is 2. The second-order valence-corrected chi connectivity index (χ2v) is 9.47. The number of aromatic nitrogens is 2. The van der Waals surface area contributed by atoms with E-state index in [1.54, 1.807) is 21.9 Å². The van der Waals surface area contributed by atoms with Crippen molar-refractivity contribution in [1.82, 2.24) is 14.5 Å². The summed E-state index contributed by atoms with van der Waals surface area (Å²) in [6.07, 6.45) is 7.75. The summed E-state index contributed by atoms with van der Waals surface area (Å²) in [6.45, 7) is 4.14. The van der Waals surface area contributed by atoms with E-state index < -0.39 is 0 Å².